The average molecular weight is 827 g/mol. The van der Waals surface area contributed by atoms with Crippen LogP contribution in [0.1, 0.15) is 66.8 Å². The smallest absolute Gasteiger partial charge is 0.202 e. The highest BCUT2D eigenvalue weighted by atomic mass is 28.3. The molecule has 0 saturated carbocycles. The second kappa shape index (κ2) is 15.9. The standard InChI is InChI=1S/C52H34N8Si2/c1-60-52(38-20-33(26-55)17-34(21-38)27-56)51-44-23-41-43(22-42(44)47(30-59)49(51)36-10-14-40(15-11-36)62(5,6)7)50(45(28-57)37-18-31(24-53)16-32(19-37)25-54)48(46(41)29-58)35-8-12-39(13-9-35)61(2,3)4/h8-23H,2-7H3/b50-45-,52-51+. The van der Waals surface area contributed by atoms with Crippen molar-refractivity contribution in [1.82, 2.24) is 0 Å². The Hall–Kier alpha value is -8.59. The molecule has 7 rings (SSSR count). The van der Waals surface area contributed by atoms with E-state index in [2.05, 4.69) is 86.6 Å². The second-order valence-electron chi connectivity index (χ2n) is 17.1. The summed E-state index contributed by atoms with van der Waals surface area (Å²) < 4.78 is 0. The Labute approximate surface area is 363 Å². The fourth-order valence-electron chi connectivity index (χ4n) is 8.13. The summed E-state index contributed by atoms with van der Waals surface area (Å²) in [5, 5.41) is 75.5. The van der Waals surface area contributed by atoms with E-state index in [1.807, 2.05) is 48.5 Å². The lowest BCUT2D eigenvalue weighted by atomic mass is 9.87. The van der Waals surface area contributed by atoms with Crippen molar-refractivity contribution in [2.24, 2.45) is 0 Å². The average Bonchev–Trinajstić information content (AvgIpc) is 3.76. The fourth-order valence-corrected chi connectivity index (χ4v) is 10.5. The van der Waals surface area contributed by atoms with Gasteiger partial charge in [0.05, 0.1) is 86.0 Å². The van der Waals surface area contributed by atoms with E-state index in [1.54, 1.807) is 36.4 Å². The van der Waals surface area contributed by atoms with Crippen LogP contribution < -0.4 is 10.4 Å². The zero-order chi connectivity index (χ0) is 44.7. The van der Waals surface area contributed by atoms with Crippen LogP contribution in [0.5, 0.6) is 0 Å². The highest BCUT2D eigenvalue weighted by Crippen LogP contribution is 2.56. The minimum Gasteiger partial charge on any atom is -0.237 e. The Morgan fingerprint density at radius 2 is 0.823 bits per heavy atom. The third-order valence-electron chi connectivity index (χ3n) is 11.2. The lowest BCUT2D eigenvalue weighted by molar-refractivity contribution is 1.43. The van der Waals surface area contributed by atoms with Crippen LogP contribution in [-0.2, 0) is 0 Å². The molecule has 5 aromatic carbocycles. The third kappa shape index (κ3) is 7.13. The maximum absolute atomic E-state index is 11.1. The zero-order valence-corrected chi connectivity index (χ0v) is 36.8. The van der Waals surface area contributed by atoms with Gasteiger partial charge in [0.2, 0.25) is 5.70 Å². The van der Waals surface area contributed by atoms with Crippen LogP contribution in [0.4, 0.5) is 0 Å². The Balaban J connectivity index is 1.65. The molecular weight excluding hydrogens is 793 g/mol. The first kappa shape index (κ1) is 41.6. The Kier molecular flexibility index (Phi) is 10.6. The minimum atomic E-state index is -1.74. The van der Waals surface area contributed by atoms with Crippen LogP contribution in [0.15, 0.2) is 97.1 Å². The molecule has 0 aromatic heterocycles. The van der Waals surface area contributed by atoms with Gasteiger partial charge in [0.1, 0.15) is 18.2 Å². The predicted octanol–water partition coefficient (Wildman–Crippen LogP) is 10.4. The number of allylic oxidation sites excluding steroid dienone is 7. The number of nitriles is 7. The van der Waals surface area contributed by atoms with E-state index >= 15 is 0 Å². The SMILES string of the molecule is [C-]#[N+]/C(=C1/C(c2ccc([Si](C)(C)C)cc2)=C(C#N)c2cc3c(cc21)C(C#N)=C(c1ccc([Si](C)(C)C)cc1)/C3=C(/C#N)c1cc(C#N)cc(C#N)c1)c1cc(C#N)cc(C#N)c1. The molecule has 5 aromatic rings. The summed E-state index contributed by atoms with van der Waals surface area (Å²) in [7, 11) is -3.49. The zero-order valence-electron chi connectivity index (χ0n) is 34.8. The van der Waals surface area contributed by atoms with Crippen LogP contribution in [-0.4, -0.2) is 16.1 Å². The molecule has 290 valence electrons. The number of hydrogen-bond acceptors (Lipinski definition) is 7. The molecule has 62 heavy (non-hydrogen) atoms. The van der Waals surface area contributed by atoms with Gasteiger partial charge in [-0.1, -0.05) is 98.2 Å². The van der Waals surface area contributed by atoms with Crippen LogP contribution in [0.2, 0.25) is 39.3 Å². The lowest BCUT2D eigenvalue weighted by Crippen LogP contribution is -2.37. The molecule has 0 radical (unpaired) electrons. The molecule has 2 aliphatic rings. The summed E-state index contributed by atoms with van der Waals surface area (Å²) in [5.74, 6) is 0. The molecule has 0 N–H and O–H groups in total. The first-order valence-electron chi connectivity index (χ1n) is 19.5. The first-order valence-corrected chi connectivity index (χ1v) is 26.5. The van der Waals surface area contributed by atoms with Gasteiger partial charge < -0.3 is 0 Å². The van der Waals surface area contributed by atoms with Crippen LogP contribution in [0.25, 0.3) is 49.6 Å². The summed E-state index contributed by atoms with van der Waals surface area (Å²) in [6.45, 7) is 22.0. The first-order chi connectivity index (χ1) is 29.6. The van der Waals surface area contributed by atoms with Gasteiger partial charge in [-0.3, -0.25) is 0 Å². The van der Waals surface area contributed by atoms with Gasteiger partial charge in [-0.25, -0.2) is 4.85 Å². The fraction of sp³-hybridized carbons (Fsp3) is 0.115. The quantitative estimate of drug-likeness (QED) is 0.0931. The maximum Gasteiger partial charge on any atom is 0.202 e. The number of benzene rings is 5. The normalized spacial score (nSPS) is 14.4. The summed E-state index contributed by atoms with van der Waals surface area (Å²) in [6, 6.07) is 44.3. The van der Waals surface area contributed by atoms with E-state index in [9.17, 15) is 36.8 Å². The highest BCUT2D eigenvalue weighted by Gasteiger charge is 2.38. The Bertz CT molecular complexity index is 3020. The number of hydrogen-bond donors (Lipinski definition) is 0. The Morgan fingerprint density at radius 3 is 1.16 bits per heavy atom. The lowest BCUT2D eigenvalue weighted by Gasteiger charge is -2.18. The molecule has 0 fully saturated rings. The van der Waals surface area contributed by atoms with Gasteiger partial charge in [-0.15, -0.1) is 0 Å². The van der Waals surface area contributed by atoms with Crippen LogP contribution in [0.3, 0.4) is 0 Å². The van der Waals surface area contributed by atoms with E-state index < -0.39 is 16.1 Å². The molecule has 0 amide bonds. The second-order valence-corrected chi connectivity index (χ2v) is 27.2. The van der Waals surface area contributed by atoms with Crippen molar-refractivity contribution in [3.8, 4) is 42.5 Å². The van der Waals surface area contributed by atoms with Gasteiger partial charge in [0.15, 0.2) is 0 Å². The number of fused-ring (bicyclic) bond motifs is 2. The molecule has 0 heterocycles. The summed E-state index contributed by atoms with van der Waals surface area (Å²) >= 11 is 0. The third-order valence-corrected chi connectivity index (χ3v) is 15.3. The highest BCUT2D eigenvalue weighted by molar-refractivity contribution is 6.89. The van der Waals surface area contributed by atoms with Crippen molar-refractivity contribution in [3.63, 3.8) is 0 Å². The molecule has 10 heteroatoms. The van der Waals surface area contributed by atoms with E-state index in [0.29, 0.717) is 66.8 Å². The number of nitrogens with zero attached hydrogens (tertiary/aromatic N) is 8. The van der Waals surface area contributed by atoms with Gasteiger partial charge in [-0.05, 0) is 93.1 Å². The summed E-state index contributed by atoms with van der Waals surface area (Å²) in [4.78, 5) is 4.04. The molecule has 0 saturated heterocycles. The maximum atomic E-state index is 11.1. The van der Waals surface area contributed by atoms with E-state index in [-0.39, 0.29) is 44.7 Å². The van der Waals surface area contributed by atoms with Crippen molar-refractivity contribution in [3.05, 3.63) is 175 Å². The predicted molar refractivity (Wildman–Crippen MR) is 248 cm³/mol. The van der Waals surface area contributed by atoms with Gasteiger partial charge >= 0.3 is 0 Å². The van der Waals surface area contributed by atoms with Crippen LogP contribution in [0, 0.1) is 85.9 Å². The monoisotopic (exact) mass is 826 g/mol. The van der Waals surface area contributed by atoms with E-state index in [0.717, 1.165) is 0 Å². The largest absolute Gasteiger partial charge is 0.237 e. The van der Waals surface area contributed by atoms with Crippen LogP contribution >= 0.6 is 0 Å². The van der Waals surface area contributed by atoms with Crippen molar-refractivity contribution >= 4 is 71.2 Å². The van der Waals surface area contributed by atoms with E-state index in [1.165, 1.54) is 22.5 Å². The minimum absolute atomic E-state index is 0.114. The summed E-state index contributed by atoms with van der Waals surface area (Å²) in [6.07, 6.45) is 0. The number of rotatable bonds is 6. The van der Waals surface area contributed by atoms with Gasteiger partial charge in [0.25, 0.3) is 0 Å². The van der Waals surface area contributed by atoms with Crippen molar-refractivity contribution in [1.29, 1.82) is 36.8 Å². The summed E-state index contributed by atoms with van der Waals surface area (Å²) in [5.41, 5.74) is 7.22. The molecule has 0 unspecified atom stereocenters. The molecule has 0 spiro atoms. The Morgan fingerprint density at radius 1 is 0.452 bits per heavy atom. The van der Waals surface area contributed by atoms with Crippen molar-refractivity contribution < 1.29 is 0 Å². The topological polar surface area (TPSA) is 171 Å². The molecule has 0 aliphatic heterocycles. The van der Waals surface area contributed by atoms with Gasteiger partial charge in [0, 0.05) is 22.3 Å². The molecule has 0 atom stereocenters. The van der Waals surface area contributed by atoms with Crippen molar-refractivity contribution in [2.45, 2.75) is 39.3 Å². The molecule has 8 nitrogen and oxygen atoms in total. The van der Waals surface area contributed by atoms with E-state index in [4.69, 9.17) is 6.57 Å². The molecule has 0 bridgehead atoms. The molecular formula is C52H34N8Si2. The van der Waals surface area contributed by atoms with Gasteiger partial charge in [-0.2, -0.15) is 36.8 Å². The molecule has 2 aliphatic carbocycles. The van der Waals surface area contributed by atoms with Crippen molar-refractivity contribution in [2.75, 3.05) is 0 Å².